The molecule has 3 atom stereocenters. The fourth-order valence-electron chi connectivity index (χ4n) is 18.6. The first kappa shape index (κ1) is 91.5. The van der Waals surface area contributed by atoms with E-state index in [0.29, 0.717) is 55.8 Å². The Labute approximate surface area is 752 Å². The Morgan fingerprint density at radius 1 is 0.310 bits per heavy atom. The van der Waals surface area contributed by atoms with Crippen LogP contribution in [0.5, 0.6) is 46.0 Å². The summed E-state index contributed by atoms with van der Waals surface area (Å²) < 4.78 is 34.0. The van der Waals surface area contributed by atoms with Crippen LogP contribution >= 0.6 is 0 Å². The quantitative estimate of drug-likeness (QED) is 0.0863. The van der Waals surface area contributed by atoms with Gasteiger partial charge >= 0.3 is 0 Å². The summed E-state index contributed by atoms with van der Waals surface area (Å²) in [7, 11) is 0. The number of fused-ring (bicyclic) bond motifs is 11. The van der Waals surface area contributed by atoms with Crippen LogP contribution in [-0.2, 0) is 105 Å². The van der Waals surface area contributed by atoms with Crippen LogP contribution in [0.4, 0.5) is 0 Å². The van der Waals surface area contributed by atoms with Crippen molar-refractivity contribution in [3.05, 3.63) is 327 Å². The highest BCUT2D eigenvalue weighted by Gasteiger charge is 2.44. The van der Waals surface area contributed by atoms with Crippen molar-refractivity contribution in [2.24, 2.45) is 0 Å². The van der Waals surface area contributed by atoms with Crippen molar-refractivity contribution < 1.29 is 39.4 Å². The second-order valence-corrected chi connectivity index (χ2v) is 46.0. The number of ether oxygens (including phenoxy) is 4. The Morgan fingerprint density at radius 3 is 1.13 bits per heavy atom. The summed E-state index contributed by atoms with van der Waals surface area (Å²) in [5.41, 5.74) is 20.9. The molecule has 7 N–H and O–H groups in total. The van der Waals surface area contributed by atoms with Crippen LogP contribution in [0.2, 0.25) is 0 Å². The fraction of sp³-hybridized carbons (Fsp3) is 0.439. The Bertz CT molecular complexity index is 6060. The number of rotatable bonds is 6. The van der Waals surface area contributed by atoms with Crippen molar-refractivity contribution in [2.45, 2.75) is 306 Å². The number of aromatic nitrogens is 4. The summed E-state index contributed by atoms with van der Waals surface area (Å²) in [4.78, 5) is 11.7. The van der Waals surface area contributed by atoms with E-state index in [2.05, 4.69) is 359 Å². The van der Waals surface area contributed by atoms with Gasteiger partial charge in [0.2, 0.25) is 0 Å². The Balaban J connectivity index is 1.09. The number of H-pyrrole nitrogens is 3. The van der Waals surface area contributed by atoms with Crippen molar-refractivity contribution >= 4 is 0 Å². The third-order valence-electron chi connectivity index (χ3n) is 27.3. The standard InChI is InChI=1S/C114H142N4O8/c1-68-44-84(106(9,10)11)54-72(98(68)120)48-80-62-89(111(24,25)26)63-81-51-76-58-86(108(15,16)17)55-73(99(76)121)47-71-53-83(105(6,7)8)35-37-91(71)123-65-114(29)95-39-38-94(117-95)112(27,92-32-30-42-115-92)64-125-102-78(46-70-52-82(104(3,4)5)34-36-90(70)119)60-88(110(21,22)23)61-79(102)50-75-57-87(109(18,19)20)56-74(100(75)122)49-77-59-85(107(12,13)14)45-69(2)101(77)124-66-113(28,93-33-31-43-116-93)96-40-41-97(114)118(96)67-126-103(80)81/h30-45,52-63,115-117,119-122H,46-51,64-67H2,1-29H3. The first-order valence-corrected chi connectivity index (χ1v) is 45.6. The van der Waals surface area contributed by atoms with E-state index in [1.807, 2.05) is 31.5 Å². The number of nitrogens with one attached hydrogen (secondary N) is 3. The van der Waals surface area contributed by atoms with Gasteiger partial charge in [0.05, 0.1) is 16.2 Å². The first-order chi connectivity index (χ1) is 58.5. The number of phenolic OH excluding ortho intramolecular Hbond substituents is 4. The Kier molecular flexibility index (Phi) is 23.9. The van der Waals surface area contributed by atoms with Crippen molar-refractivity contribution in [1.29, 1.82) is 0 Å². The van der Waals surface area contributed by atoms with E-state index in [9.17, 15) is 20.4 Å². The highest BCUT2D eigenvalue weighted by molar-refractivity contribution is 5.61. The van der Waals surface area contributed by atoms with E-state index >= 15 is 0 Å². The highest BCUT2D eigenvalue weighted by atomic mass is 16.5. The molecule has 3 unspecified atom stereocenters. The second kappa shape index (κ2) is 32.9. The van der Waals surface area contributed by atoms with Crippen molar-refractivity contribution in [2.75, 3.05) is 19.8 Å². The predicted molar refractivity (Wildman–Crippen MR) is 517 cm³/mol. The molecule has 6 heterocycles. The van der Waals surface area contributed by atoms with Gasteiger partial charge in [0.25, 0.3) is 0 Å². The van der Waals surface area contributed by atoms with Gasteiger partial charge in [-0.3, -0.25) is 0 Å². The number of nitrogens with zero attached hydrogens (tertiary/aromatic N) is 1. The van der Waals surface area contributed by atoms with Crippen LogP contribution in [0.1, 0.15) is 344 Å². The SMILES string of the molecule is Cc1cc(C(C)(C)C)cc(Cc2cc(C(C)(C)C)cc3c2OCn2c4ccc2C(C)(COc2ccc(C(C)(C)C)cc2Cc2cc(C(C)(C)C)cc(c2O)C3)c2ccc([nH]2)C(C)(c2ccc[nH]2)COc2c(Cc3cc(C(C)(C)C)ccc3O)cc(C(C)(C)C)cc2Cc2cc(C(C)(C)C)cc(c2O)Cc2cc(C(C)(C)C)cc(C)c2OCC4(C)c2ccc[nH]2)c1O. The van der Waals surface area contributed by atoms with Gasteiger partial charge in [-0.1, -0.05) is 263 Å². The number of phenols is 4. The topological polar surface area (TPSA) is 170 Å². The van der Waals surface area contributed by atoms with Crippen LogP contribution < -0.4 is 18.9 Å². The fourth-order valence-corrected chi connectivity index (χ4v) is 18.6. The molecule has 0 spiro atoms. The van der Waals surface area contributed by atoms with Crippen molar-refractivity contribution in [1.82, 2.24) is 19.5 Å². The van der Waals surface area contributed by atoms with Crippen LogP contribution in [0, 0.1) is 13.8 Å². The van der Waals surface area contributed by atoms with E-state index in [0.717, 1.165) is 162 Å². The Morgan fingerprint density at radius 2 is 0.651 bits per heavy atom. The molecule has 2 aliphatic heterocycles. The largest absolute Gasteiger partial charge is 0.508 e. The predicted octanol–water partition coefficient (Wildman–Crippen LogP) is 26.7. The van der Waals surface area contributed by atoms with E-state index < -0.39 is 16.2 Å². The number of hydrogen-bond acceptors (Lipinski definition) is 8. The van der Waals surface area contributed by atoms with Crippen molar-refractivity contribution in [3.8, 4) is 46.0 Å². The number of aryl methyl sites for hydroxylation is 2. The summed E-state index contributed by atoms with van der Waals surface area (Å²) in [5, 5.41) is 51.8. The van der Waals surface area contributed by atoms with Gasteiger partial charge in [0, 0.05) is 85.1 Å². The molecule has 12 nitrogen and oxygen atoms in total. The molecule has 0 saturated carbocycles. The molecule has 666 valence electrons. The van der Waals surface area contributed by atoms with Gasteiger partial charge in [-0.2, -0.15) is 0 Å². The van der Waals surface area contributed by atoms with Crippen LogP contribution in [0.3, 0.4) is 0 Å². The molecule has 126 heavy (non-hydrogen) atoms. The minimum absolute atomic E-state index is 0.0227. The van der Waals surface area contributed by atoms with E-state index in [1.54, 1.807) is 0 Å². The minimum atomic E-state index is -1.08. The maximum atomic E-state index is 13.6. The maximum Gasteiger partial charge on any atom is 0.165 e. The lowest BCUT2D eigenvalue weighted by atomic mass is 9.80. The summed E-state index contributed by atoms with van der Waals surface area (Å²) in [6, 6.07) is 56.9. The van der Waals surface area contributed by atoms with Gasteiger partial charge in [-0.15, -0.1) is 0 Å². The normalized spacial score (nSPS) is 17.8. The third kappa shape index (κ3) is 18.4. The molecule has 8 aromatic carbocycles. The molecule has 0 fully saturated rings. The smallest absolute Gasteiger partial charge is 0.165 e. The number of aromatic amines is 3. The molecule has 0 radical (unpaired) electrons. The average Bonchev–Trinajstić information content (AvgIpc) is 1.57. The summed E-state index contributed by atoms with van der Waals surface area (Å²) in [5.74, 6) is 3.66. The molecular weight excluding hydrogens is 1550 g/mol. The van der Waals surface area contributed by atoms with Gasteiger partial charge in [-0.05, 0) is 261 Å². The van der Waals surface area contributed by atoms with Crippen LogP contribution in [0.25, 0.3) is 0 Å². The average molecular weight is 1700 g/mol. The highest BCUT2D eigenvalue weighted by Crippen LogP contribution is 2.50. The zero-order valence-corrected chi connectivity index (χ0v) is 81.1. The monoisotopic (exact) mass is 1700 g/mol. The summed E-state index contributed by atoms with van der Waals surface area (Å²) >= 11 is 0. The molecule has 4 aromatic heterocycles. The minimum Gasteiger partial charge on any atom is -0.508 e. The molecule has 10 bridgehead atoms. The second-order valence-electron chi connectivity index (χ2n) is 46.0. The molecule has 12 heteroatoms. The summed E-state index contributed by atoms with van der Waals surface area (Å²) in [6.45, 7) is 65.1. The lowest BCUT2D eigenvalue weighted by molar-refractivity contribution is 0.188. The number of hydrogen-bond donors (Lipinski definition) is 7. The lowest BCUT2D eigenvalue weighted by Crippen LogP contribution is -2.39. The molecular formula is C114H142N4O8. The van der Waals surface area contributed by atoms with Gasteiger partial charge in [-0.25, -0.2) is 0 Å². The third-order valence-corrected chi connectivity index (χ3v) is 27.3. The van der Waals surface area contributed by atoms with Gasteiger partial charge in [0.1, 0.15) is 65.8 Å². The molecule has 14 rings (SSSR count). The first-order valence-electron chi connectivity index (χ1n) is 45.6. The molecule has 12 aromatic rings. The molecule has 0 amide bonds. The van der Waals surface area contributed by atoms with Crippen LogP contribution in [0.15, 0.2) is 170 Å². The van der Waals surface area contributed by atoms with Crippen molar-refractivity contribution in [3.63, 3.8) is 0 Å². The number of benzene rings is 8. The molecule has 0 aliphatic carbocycles. The van der Waals surface area contributed by atoms with E-state index in [-0.39, 0.29) is 92.9 Å². The zero-order valence-electron chi connectivity index (χ0n) is 81.1. The van der Waals surface area contributed by atoms with E-state index in [4.69, 9.17) is 18.9 Å². The Hall–Kier alpha value is -10.7. The van der Waals surface area contributed by atoms with Crippen LogP contribution in [-0.4, -0.2) is 59.8 Å². The van der Waals surface area contributed by atoms with Gasteiger partial charge in [0.15, 0.2) is 6.73 Å². The lowest BCUT2D eigenvalue weighted by Gasteiger charge is -2.36. The zero-order chi connectivity index (χ0) is 91.7. The molecule has 0 saturated heterocycles. The van der Waals surface area contributed by atoms with E-state index in [1.165, 1.54) is 0 Å². The van der Waals surface area contributed by atoms with Gasteiger partial charge < -0.3 is 58.9 Å². The maximum absolute atomic E-state index is 13.6. The summed E-state index contributed by atoms with van der Waals surface area (Å²) in [6.07, 6.45) is 6.02. The number of aromatic hydroxyl groups is 4. The molecule has 2 aliphatic rings.